The largest absolute Gasteiger partial charge is 0.368 e. The predicted molar refractivity (Wildman–Crippen MR) is 79.4 cm³/mol. The maximum atomic E-state index is 8.81. The van der Waals surface area contributed by atoms with Crippen LogP contribution in [0, 0.1) is 11.3 Å². The highest BCUT2D eigenvalue weighted by Crippen LogP contribution is 2.26. The summed E-state index contributed by atoms with van der Waals surface area (Å²) in [7, 11) is 2.03. The van der Waals surface area contributed by atoms with Gasteiger partial charge in [0.05, 0.1) is 17.7 Å². The molecule has 0 N–H and O–H groups in total. The third-order valence-corrected chi connectivity index (χ3v) is 3.55. The normalized spacial score (nSPS) is 11.7. The first kappa shape index (κ1) is 13.5. The van der Waals surface area contributed by atoms with Gasteiger partial charge in [0.1, 0.15) is 0 Å². The van der Waals surface area contributed by atoms with Gasteiger partial charge >= 0.3 is 0 Å². The Labute approximate surface area is 118 Å². The maximum Gasteiger partial charge on any atom is 0.0991 e. The van der Waals surface area contributed by atoms with Gasteiger partial charge in [-0.15, -0.1) is 0 Å². The summed E-state index contributed by atoms with van der Waals surface area (Å²) >= 11 is 6.02. The molecule has 0 saturated heterocycles. The van der Waals surface area contributed by atoms with Gasteiger partial charge in [0.15, 0.2) is 0 Å². The third kappa shape index (κ3) is 3.07. The van der Waals surface area contributed by atoms with Gasteiger partial charge in [-0.05, 0) is 48.9 Å². The summed E-state index contributed by atoms with van der Waals surface area (Å²) in [5, 5.41) is 9.55. The fraction of sp³-hybridized carbons (Fsp3) is 0.188. The molecule has 19 heavy (non-hydrogen) atoms. The quantitative estimate of drug-likeness (QED) is 0.826. The molecule has 0 fully saturated rings. The molecule has 0 aliphatic heterocycles. The number of benzene rings is 2. The Bertz CT molecular complexity index is 599. The summed E-state index contributed by atoms with van der Waals surface area (Å²) in [5.41, 5.74) is 2.92. The molecular weight excluding hydrogens is 256 g/mol. The summed E-state index contributed by atoms with van der Waals surface area (Å²) < 4.78 is 0. The Kier molecular flexibility index (Phi) is 4.09. The van der Waals surface area contributed by atoms with E-state index in [-0.39, 0.29) is 6.04 Å². The van der Waals surface area contributed by atoms with E-state index in [0.29, 0.717) is 5.56 Å². The first-order valence-electron chi connectivity index (χ1n) is 6.10. The number of nitriles is 1. The van der Waals surface area contributed by atoms with E-state index in [1.165, 1.54) is 5.56 Å². The van der Waals surface area contributed by atoms with Crippen LogP contribution in [-0.4, -0.2) is 7.05 Å². The minimum atomic E-state index is 0.214. The van der Waals surface area contributed by atoms with E-state index in [0.717, 1.165) is 10.7 Å². The van der Waals surface area contributed by atoms with Gasteiger partial charge in [-0.25, -0.2) is 0 Å². The van der Waals surface area contributed by atoms with Gasteiger partial charge in [0.25, 0.3) is 0 Å². The van der Waals surface area contributed by atoms with E-state index in [1.54, 1.807) is 0 Å². The molecule has 96 valence electrons. The summed E-state index contributed by atoms with van der Waals surface area (Å²) in [6, 6.07) is 17.8. The van der Waals surface area contributed by atoms with Crippen molar-refractivity contribution in [2.45, 2.75) is 13.0 Å². The minimum absolute atomic E-state index is 0.214. The summed E-state index contributed by atoms with van der Waals surface area (Å²) in [5.74, 6) is 0. The van der Waals surface area contributed by atoms with Gasteiger partial charge in [-0.2, -0.15) is 5.26 Å². The molecule has 1 atom stereocenters. The Hall–Kier alpha value is -1.98. The van der Waals surface area contributed by atoms with Crippen molar-refractivity contribution < 1.29 is 0 Å². The van der Waals surface area contributed by atoms with E-state index < -0.39 is 0 Å². The number of hydrogen-bond donors (Lipinski definition) is 0. The molecule has 0 amide bonds. The molecular formula is C16H15ClN2. The first-order valence-corrected chi connectivity index (χ1v) is 6.48. The van der Waals surface area contributed by atoms with E-state index in [9.17, 15) is 0 Å². The molecule has 0 saturated carbocycles. The third-order valence-electron chi connectivity index (χ3n) is 3.32. The lowest BCUT2D eigenvalue weighted by molar-refractivity contribution is 0.740. The summed E-state index contributed by atoms with van der Waals surface area (Å²) in [4.78, 5) is 2.16. The van der Waals surface area contributed by atoms with Crippen LogP contribution in [0.25, 0.3) is 0 Å². The Morgan fingerprint density at radius 3 is 2.42 bits per heavy atom. The Balaban J connectivity index is 2.23. The molecule has 0 radical (unpaired) electrons. The van der Waals surface area contributed by atoms with Crippen LogP contribution < -0.4 is 4.90 Å². The number of hydrogen-bond acceptors (Lipinski definition) is 2. The maximum absolute atomic E-state index is 8.81. The lowest BCUT2D eigenvalue weighted by Crippen LogP contribution is -2.21. The van der Waals surface area contributed by atoms with Crippen LogP contribution >= 0.6 is 11.6 Å². The molecule has 2 aromatic carbocycles. The number of nitrogens with zero attached hydrogens (tertiary/aromatic N) is 2. The second kappa shape index (κ2) is 5.77. The van der Waals surface area contributed by atoms with Crippen LogP contribution in [-0.2, 0) is 0 Å². The highest BCUT2D eigenvalue weighted by Gasteiger charge is 2.12. The van der Waals surface area contributed by atoms with Gasteiger partial charge in [0, 0.05) is 17.8 Å². The zero-order valence-electron chi connectivity index (χ0n) is 11.0. The van der Waals surface area contributed by atoms with Crippen molar-refractivity contribution in [1.29, 1.82) is 5.26 Å². The fourth-order valence-corrected chi connectivity index (χ4v) is 2.18. The fourth-order valence-electron chi connectivity index (χ4n) is 1.98. The predicted octanol–water partition coefficient (Wildman–Crippen LogP) is 4.41. The van der Waals surface area contributed by atoms with Crippen molar-refractivity contribution in [3.63, 3.8) is 0 Å². The highest BCUT2D eigenvalue weighted by molar-refractivity contribution is 6.30. The van der Waals surface area contributed by atoms with Gasteiger partial charge in [-0.1, -0.05) is 23.7 Å². The molecule has 2 aromatic rings. The first-order chi connectivity index (χ1) is 9.11. The van der Waals surface area contributed by atoms with Crippen LogP contribution in [0.3, 0.4) is 0 Å². The van der Waals surface area contributed by atoms with Gasteiger partial charge in [-0.3, -0.25) is 0 Å². The monoisotopic (exact) mass is 270 g/mol. The molecule has 0 heterocycles. The van der Waals surface area contributed by atoms with Crippen LogP contribution in [0.5, 0.6) is 0 Å². The summed E-state index contributed by atoms with van der Waals surface area (Å²) in [6.07, 6.45) is 0. The Morgan fingerprint density at radius 2 is 1.84 bits per heavy atom. The molecule has 0 aliphatic rings. The van der Waals surface area contributed by atoms with Crippen molar-refractivity contribution in [2.75, 3.05) is 11.9 Å². The van der Waals surface area contributed by atoms with Crippen molar-refractivity contribution in [3.05, 3.63) is 64.7 Å². The zero-order valence-corrected chi connectivity index (χ0v) is 11.7. The smallest absolute Gasteiger partial charge is 0.0991 e. The minimum Gasteiger partial charge on any atom is -0.368 e. The van der Waals surface area contributed by atoms with Crippen molar-refractivity contribution in [3.8, 4) is 6.07 Å². The lowest BCUT2D eigenvalue weighted by atomic mass is 10.1. The second-order valence-corrected chi connectivity index (χ2v) is 4.94. The molecule has 0 aromatic heterocycles. The van der Waals surface area contributed by atoms with E-state index in [4.69, 9.17) is 16.9 Å². The SMILES string of the molecule is CC(c1cccc(Cl)c1)N(C)c1ccc(C#N)cc1. The molecule has 0 spiro atoms. The van der Waals surface area contributed by atoms with Crippen LogP contribution in [0.15, 0.2) is 48.5 Å². The lowest BCUT2D eigenvalue weighted by Gasteiger charge is -2.27. The zero-order chi connectivity index (χ0) is 13.8. The molecule has 2 rings (SSSR count). The van der Waals surface area contributed by atoms with E-state index in [2.05, 4.69) is 24.0 Å². The van der Waals surface area contributed by atoms with E-state index in [1.807, 2.05) is 49.5 Å². The van der Waals surface area contributed by atoms with Crippen molar-refractivity contribution in [1.82, 2.24) is 0 Å². The highest BCUT2D eigenvalue weighted by atomic mass is 35.5. The van der Waals surface area contributed by atoms with Crippen molar-refractivity contribution in [2.24, 2.45) is 0 Å². The molecule has 0 bridgehead atoms. The topological polar surface area (TPSA) is 27.0 Å². The average Bonchev–Trinajstić information content (AvgIpc) is 2.46. The second-order valence-electron chi connectivity index (χ2n) is 4.50. The van der Waals surface area contributed by atoms with Gasteiger partial charge in [0.2, 0.25) is 0 Å². The molecule has 2 nitrogen and oxygen atoms in total. The molecule has 1 unspecified atom stereocenters. The molecule has 0 aliphatic carbocycles. The van der Waals surface area contributed by atoms with Crippen LogP contribution in [0.4, 0.5) is 5.69 Å². The number of rotatable bonds is 3. The number of anilines is 1. The van der Waals surface area contributed by atoms with E-state index >= 15 is 0 Å². The van der Waals surface area contributed by atoms with Crippen LogP contribution in [0.2, 0.25) is 5.02 Å². The van der Waals surface area contributed by atoms with Gasteiger partial charge < -0.3 is 4.90 Å². The average molecular weight is 271 g/mol. The standard InChI is InChI=1S/C16H15ClN2/c1-12(14-4-3-5-15(17)10-14)19(2)16-8-6-13(11-18)7-9-16/h3-10,12H,1-2H3. The van der Waals surface area contributed by atoms with Crippen LogP contribution in [0.1, 0.15) is 24.1 Å². The Morgan fingerprint density at radius 1 is 1.16 bits per heavy atom. The number of halogens is 1. The molecule has 3 heteroatoms. The summed E-state index contributed by atoms with van der Waals surface area (Å²) in [6.45, 7) is 2.13. The van der Waals surface area contributed by atoms with Crippen molar-refractivity contribution >= 4 is 17.3 Å².